The van der Waals surface area contributed by atoms with Gasteiger partial charge >= 0.3 is 0 Å². The Hall–Kier alpha value is -2.76. The molecule has 0 radical (unpaired) electrons. The lowest BCUT2D eigenvalue weighted by Gasteiger charge is -2.22. The molecular formula is C19H23N3O3. The zero-order valence-corrected chi connectivity index (χ0v) is 14.4. The highest BCUT2D eigenvalue weighted by Crippen LogP contribution is 2.16. The smallest absolute Gasteiger partial charge is 0.260 e. The summed E-state index contributed by atoms with van der Waals surface area (Å²) in [7, 11) is 0. The number of carbonyl (C=O) groups excluding carboxylic acids is 2. The van der Waals surface area contributed by atoms with Gasteiger partial charge in [0.05, 0.1) is 5.56 Å². The third-order valence-corrected chi connectivity index (χ3v) is 4.43. The Morgan fingerprint density at radius 2 is 1.84 bits per heavy atom. The largest absolute Gasteiger partial charge is 0.484 e. The first-order valence-corrected chi connectivity index (χ1v) is 8.53. The van der Waals surface area contributed by atoms with Crippen LogP contribution in [0.3, 0.4) is 0 Å². The molecule has 2 amide bonds. The minimum Gasteiger partial charge on any atom is -0.484 e. The molecule has 132 valence electrons. The second-order valence-electron chi connectivity index (χ2n) is 6.18. The van der Waals surface area contributed by atoms with Crippen molar-refractivity contribution in [2.45, 2.75) is 13.3 Å². The third-order valence-electron chi connectivity index (χ3n) is 4.43. The first-order chi connectivity index (χ1) is 12.1. The van der Waals surface area contributed by atoms with Crippen LogP contribution in [0.2, 0.25) is 0 Å². The summed E-state index contributed by atoms with van der Waals surface area (Å²) < 4.78 is 5.65. The van der Waals surface area contributed by atoms with E-state index in [-0.39, 0.29) is 18.4 Å². The van der Waals surface area contributed by atoms with Gasteiger partial charge in [-0.05, 0) is 31.0 Å². The predicted octanol–water partition coefficient (Wildman–Crippen LogP) is 2.08. The molecule has 6 nitrogen and oxygen atoms in total. The lowest BCUT2D eigenvalue weighted by molar-refractivity contribution is -0.133. The van der Waals surface area contributed by atoms with Crippen LogP contribution in [0.1, 0.15) is 22.3 Å². The van der Waals surface area contributed by atoms with E-state index in [1.54, 1.807) is 28.3 Å². The average Bonchev–Trinajstić information content (AvgIpc) is 3.04. The zero-order valence-electron chi connectivity index (χ0n) is 14.4. The van der Waals surface area contributed by atoms with Crippen LogP contribution in [0.5, 0.6) is 5.75 Å². The van der Waals surface area contributed by atoms with Gasteiger partial charge in [0, 0.05) is 38.6 Å². The molecule has 1 saturated heterocycles. The molecule has 2 aromatic rings. The molecule has 25 heavy (non-hydrogen) atoms. The number of hydrogen-bond donors (Lipinski definition) is 1. The molecule has 1 aromatic heterocycles. The lowest BCUT2D eigenvalue weighted by Crippen LogP contribution is -2.39. The summed E-state index contributed by atoms with van der Waals surface area (Å²) >= 11 is 0. The molecule has 1 aliphatic rings. The topological polar surface area (TPSA) is 65.6 Å². The van der Waals surface area contributed by atoms with Crippen molar-refractivity contribution in [2.24, 2.45) is 0 Å². The van der Waals surface area contributed by atoms with E-state index >= 15 is 0 Å². The molecule has 0 bridgehead atoms. The fourth-order valence-electron chi connectivity index (χ4n) is 2.96. The fraction of sp³-hybridized carbons (Fsp3) is 0.368. The highest BCUT2D eigenvalue weighted by atomic mass is 16.5. The van der Waals surface area contributed by atoms with Gasteiger partial charge < -0.3 is 19.5 Å². The standard InChI is InChI=1S/C19H23N3O3/c1-15-5-2-3-6-17(15)25-14-18(23)21-9-4-10-22(12-11-21)19(24)16-7-8-20-13-16/h2-3,5-8,13,20H,4,9-12,14H2,1H3. The molecule has 1 N–H and O–H groups in total. The van der Waals surface area contributed by atoms with Crippen LogP contribution < -0.4 is 4.74 Å². The molecule has 6 heteroatoms. The Bertz CT molecular complexity index is 727. The number of ether oxygens (including phenoxy) is 1. The molecule has 0 unspecified atom stereocenters. The van der Waals surface area contributed by atoms with E-state index in [1.807, 2.05) is 31.2 Å². The summed E-state index contributed by atoms with van der Waals surface area (Å²) in [6.07, 6.45) is 4.21. The minimum absolute atomic E-state index is 0.00621. The maximum Gasteiger partial charge on any atom is 0.260 e. The summed E-state index contributed by atoms with van der Waals surface area (Å²) in [6, 6.07) is 9.42. The van der Waals surface area contributed by atoms with Crippen LogP contribution >= 0.6 is 0 Å². The third kappa shape index (κ3) is 4.21. The molecule has 2 heterocycles. The Kier molecular flexibility index (Phi) is 5.38. The van der Waals surface area contributed by atoms with Crippen LogP contribution in [0.4, 0.5) is 0 Å². The molecule has 3 rings (SSSR count). The van der Waals surface area contributed by atoms with Crippen molar-refractivity contribution in [3.8, 4) is 5.75 Å². The Morgan fingerprint density at radius 1 is 1.08 bits per heavy atom. The number of para-hydroxylation sites is 1. The Morgan fingerprint density at radius 3 is 2.60 bits per heavy atom. The Balaban J connectivity index is 1.53. The van der Waals surface area contributed by atoms with E-state index in [0.29, 0.717) is 31.7 Å². The number of aryl methyl sites for hydroxylation is 1. The van der Waals surface area contributed by atoms with Crippen molar-refractivity contribution >= 4 is 11.8 Å². The summed E-state index contributed by atoms with van der Waals surface area (Å²) in [5, 5.41) is 0. The van der Waals surface area contributed by atoms with E-state index in [0.717, 1.165) is 17.7 Å². The predicted molar refractivity (Wildman–Crippen MR) is 94.6 cm³/mol. The molecule has 0 atom stereocenters. The summed E-state index contributed by atoms with van der Waals surface area (Å²) in [5.41, 5.74) is 1.66. The highest BCUT2D eigenvalue weighted by Gasteiger charge is 2.23. The lowest BCUT2D eigenvalue weighted by atomic mass is 10.2. The minimum atomic E-state index is -0.0424. The molecule has 1 fully saturated rings. The first-order valence-electron chi connectivity index (χ1n) is 8.53. The van der Waals surface area contributed by atoms with E-state index in [1.165, 1.54) is 0 Å². The number of benzene rings is 1. The van der Waals surface area contributed by atoms with Gasteiger partial charge in [-0.25, -0.2) is 0 Å². The number of aromatic nitrogens is 1. The normalized spacial score (nSPS) is 14.9. The first kappa shape index (κ1) is 17.1. The van der Waals surface area contributed by atoms with Gasteiger partial charge in [-0.3, -0.25) is 9.59 Å². The number of hydrogen-bond acceptors (Lipinski definition) is 3. The van der Waals surface area contributed by atoms with Gasteiger partial charge in [0.1, 0.15) is 5.75 Å². The Labute approximate surface area is 147 Å². The van der Waals surface area contributed by atoms with Crippen LogP contribution in [-0.4, -0.2) is 59.4 Å². The van der Waals surface area contributed by atoms with Crippen LogP contribution in [0, 0.1) is 6.92 Å². The number of nitrogens with zero attached hydrogens (tertiary/aromatic N) is 2. The maximum atomic E-state index is 12.4. The second kappa shape index (κ2) is 7.88. The number of amides is 2. The molecule has 0 aliphatic carbocycles. The fourth-order valence-corrected chi connectivity index (χ4v) is 2.96. The molecule has 0 saturated carbocycles. The molecular weight excluding hydrogens is 318 g/mol. The molecule has 1 aliphatic heterocycles. The van der Waals surface area contributed by atoms with E-state index < -0.39 is 0 Å². The maximum absolute atomic E-state index is 12.4. The van der Waals surface area contributed by atoms with Gasteiger partial charge in [-0.2, -0.15) is 0 Å². The summed E-state index contributed by atoms with van der Waals surface area (Å²) in [6.45, 7) is 4.36. The van der Waals surface area contributed by atoms with Crippen molar-refractivity contribution in [2.75, 3.05) is 32.8 Å². The van der Waals surface area contributed by atoms with Crippen molar-refractivity contribution in [1.29, 1.82) is 0 Å². The van der Waals surface area contributed by atoms with Gasteiger partial charge in [-0.15, -0.1) is 0 Å². The SMILES string of the molecule is Cc1ccccc1OCC(=O)N1CCCN(C(=O)c2cc[nH]c2)CC1. The van der Waals surface area contributed by atoms with Crippen LogP contribution in [0.25, 0.3) is 0 Å². The van der Waals surface area contributed by atoms with E-state index in [9.17, 15) is 9.59 Å². The number of carbonyl (C=O) groups is 2. The van der Waals surface area contributed by atoms with Crippen molar-refractivity contribution < 1.29 is 14.3 Å². The van der Waals surface area contributed by atoms with Crippen molar-refractivity contribution in [3.05, 3.63) is 53.9 Å². The number of H-pyrrole nitrogens is 1. The monoisotopic (exact) mass is 341 g/mol. The average molecular weight is 341 g/mol. The second-order valence-corrected chi connectivity index (χ2v) is 6.18. The van der Waals surface area contributed by atoms with Crippen molar-refractivity contribution in [1.82, 2.24) is 14.8 Å². The zero-order chi connectivity index (χ0) is 17.6. The number of aromatic amines is 1. The number of rotatable bonds is 4. The van der Waals surface area contributed by atoms with Crippen LogP contribution in [0.15, 0.2) is 42.7 Å². The highest BCUT2D eigenvalue weighted by molar-refractivity contribution is 5.94. The van der Waals surface area contributed by atoms with E-state index in [4.69, 9.17) is 4.74 Å². The molecule has 0 spiro atoms. The van der Waals surface area contributed by atoms with Crippen molar-refractivity contribution in [3.63, 3.8) is 0 Å². The van der Waals surface area contributed by atoms with Gasteiger partial charge in [0.2, 0.25) is 0 Å². The summed E-state index contributed by atoms with van der Waals surface area (Å²) in [5.74, 6) is 0.695. The summed E-state index contributed by atoms with van der Waals surface area (Å²) in [4.78, 5) is 31.3. The quantitative estimate of drug-likeness (QED) is 0.926. The van der Waals surface area contributed by atoms with Gasteiger partial charge in [0.15, 0.2) is 6.61 Å². The van der Waals surface area contributed by atoms with E-state index in [2.05, 4.69) is 4.98 Å². The van der Waals surface area contributed by atoms with Crippen LogP contribution in [-0.2, 0) is 4.79 Å². The van der Waals surface area contributed by atoms with Gasteiger partial charge in [0.25, 0.3) is 11.8 Å². The number of nitrogens with one attached hydrogen (secondary N) is 1. The van der Waals surface area contributed by atoms with Gasteiger partial charge in [-0.1, -0.05) is 18.2 Å². The molecule has 1 aromatic carbocycles.